The van der Waals surface area contributed by atoms with Gasteiger partial charge in [0, 0.05) is 17.5 Å². The highest BCUT2D eigenvalue weighted by atomic mass is 32.1. The smallest absolute Gasteiger partial charge is 0.273 e. The van der Waals surface area contributed by atoms with Gasteiger partial charge in [0.1, 0.15) is 5.52 Å². The van der Waals surface area contributed by atoms with E-state index >= 15 is 0 Å². The molecule has 112 valence electrons. The first-order valence-electron chi connectivity index (χ1n) is 7.08. The van der Waals surface area contributed by atoms with E-state index < -0.39 is 0 Å². The summed E-state index contributed by atoms with van der Waals surface area (Å²) in [5.41, 5.74) is 9.47. The standard InChI is InChI=1S/C16H16N4OS/c1-2-7-18-16(21)15-13(17)12-5-3-4-11(14(12)19-20-15)10-6-8-22-9-10/h3-6,8-9H,2,7H2,1H3,(H2,17,19)(H,18,21). The number of amides is 1. The van der Waals surface area contributed by atoms with Crippen molar-refractivity contribution in [2.75, 3.05) is 12.3 Å². The molecule has 0 aliphatic heterocycles. The number of carbonyl (C=O) groups excluding carboxylic acids is 1. The van der Waals surface area contributed by atoms with Gasteiger partial charge in [-0.3, -0.25) is 4.79 Å². The summed E-state index contributed by atoms with van der Waals surface area (Å²) in [7, 11) is 0. The van der Waals surface area contributed by atoms with Crippen molar-refractivity contribution in [2.45, 2.75) is 13.3 Å². The number of aromatic nitrogens is 2. The Labute approximate surface area is 132 Å². The average molecular weight is 312 g/mol. The topological polar surface area (TPSA) is 80.9 Å². The normalized spacial score (nSPS) is 10.8. The van der Waals surface area contributed by atoms with Crippen molar-refractivity contribution in [3.63, 3.8) is 0 Å². The Hall–Kier alpha value is -2.47. The molecule has 2 aromatic heterocycles. The first kappa shape index (κ1) is 14.5. The molecule has 2 heterocycles. The molecule has 1 aromatic carbocycles. The van der Waals surface area contributed by atoms with E-state index in [0.29, 0.717) is 17.7 Å². The molecule has 6 heteroatoms. The summed E-state index contributed by atoms with van der Waals surface area (Å²) in [6, 6.07) is 7.79. The molecule has 0 saturated heterocycles. The molecule has 0 bridgehead atoms. The summed E-state index contributed by atoms with van der Waals surface area (Å²) in [5, 5.41) is 15.9. The SMILES string of the molecule is CCCNC(=O)c1nnc2c(-c3ccsc3)cccc2c1N. The summed E-state index contributed by atoms with van der Waals surface area (Å²) >= 11 is 1.62. The molecule has 0 aliphatic rings. The van der Waals surface area contributed by atoms with Gasteiger partial charge in [-0.2, -0.15) is 11.3 Å². The second-order valence-electron chi connectivity index (χ2n) is 4.93. The van der Waals surface area contributed by atoms with Crippen molar-refractivity contribution in [1.82, 2.24) is 15.5 Å². The van der Waals surface area contributed by atoms with E-state index in [1.54, 1.807) is 11.3 Å². The summed E-state index contributed by atoms with van der Waals surface area (Å²) < 4.78 is 0. The molecule has 0 radical (unpaired) electrons. The van der Waals surface area contributed by atoms with Crippen LogP contribution in [0.4, 0.5) is 5.69 Å². The lowest BCUT2D eigenvalue weighted by molar-refractivity contribution is 0.0949. The van der Waals surface area contributed by atoms with Gasteiger partial charge in [-0.05, 0) is 28.8 Å². The highest BCUT2D eigenvalue weighted by Crippen LogP contribution is 2.31. The van der Waals surface area contributed by atoms with Crippen LogP contribution in [0.1, 0.15) is 23.8 Å². The van der Waals surface area contributed by atoms with E-state index in [2.05, 4.69) is 20.9 Å². The molecule has 22 heavy (non-hydrogen) atoms. The number of nitrogens with one attached hydrogen (secondary N) is 1. The number of anilines is 1. The first-order chi connectivity index (χ1) is 10.7. The van der Waals surface area contributed by atoms with Crippen LogP contribution in [0, 0.1) is 0 Å². The van der Waals surface area contributed by atoms with Crippen LogP contribution in [0.25, 0.3) is 22.0 Å². The third-order valence-electron chi connectivity index (χ3n) is 3.41. The maximum Gasteiger partial charge on any atom is 0.273 e. The third kappa shape index (κ3) is 2.53. The zero-order valence-corrected chi connectivity index (χ0v) is 13.0. The van der Waals surface area contributed by atoms with Crippen molar-refractivity contribution < 1.29 is 4.79 Å². The second-order valence-corrected chi connectivity index (χ2v) is 5.71. The number of nitrogens with two attached hydrogens (primary N) is 1. The van der Waals surface area contributed by atoms with Crippen LogP contribution in [-0.4, -0.2) is 22.6 Å². The molecule has 0 aliphatic carbocycles. The maximum atomic E-state index is 12.1. The molecule has 0 fully saturated rings. The minimum absolute atomic E-state index is 0.184. The Morgan fingerprint density at radius 2 is 2.18 bits per heavy atom. The van der Waals surface area contributed by atoms with E-state index in [1.807, 2.05) is 36.6 Å². The Kier molecular flexibility index (Phi) is 4.02. The second kappa shape index (κ2) is 6.11. The summed E-state index contributed by atoms with van der Waals surface area (Å²) in [6.07, 6.45) is 0.856. The third-order valence-corrected chi connectivity index (χ3v) is 4.10. The van der Waals surface area contributed by atoms with Gasteiger partial charge < -0.3 is 11.1 Å². The molecule has 3 aromatic rings. The van der Waals surface area contributed by atoms with Crippen molar-refractivity contribution >= 4 is 33.8 Å². The molecule has 0 saturated carbocycles. The number of benzene rings is 1. The minimum Gasteiger partial charge on any atom is -0.396 e. The number of hydrogen-bond donors (Lipinski definition) is 2. The highest BCUT2D eigenvalue weighted by Gasteiger charge is 2.16. The summed E-state index contributed by atoms with van der Waals surface area (Å²) in [4.78, 5) is 12.1. The number of hydrogen-bond acceptors (Lipinski definition) is 5. The van der Waals surface area contributed by atoms with Gasteiger partial charge >= 0.3 is 0 Å². The molecular formula is C16H16N4OS. The number of rotatable bonds is 4. The van der Waals surface area contributed by atoms with Gasteiger partial charge in [0.15, 0.2) is 5.69 Å². The van der Waals surface area contributed by atoms with E-state index in [-0.39, 0.29) is 11.6 Å². The van der Waals surface area contributed by atoms with Gasteiger partial charge in [-0.1, -0.05) is 25.1 Å². The van der Waals surface area contributed by atoms with Crippen LogP contribution < -0.4 is 11.1 Å². The number of fused-ring (bicyclic) bond motifs is 1. The van der Waals surface area contributed by atoms with Gasteiger partial charge in [0.05, 0.1) is 5.69 Å². The predicted molar refractivity (Wildman–Crippen MR) is 89.9 cm³/mol. The zero-order valence-electron chi connectivity index (χ0n) is 12.2. The van der Waals surface area contributed by atoms with Crippen molar-refractivity contribution in [2.24, 2.45) is 0 Å². The van der Waals surface area contributed by atoms with Crippen LogP contribution in [0.3, 0.4) is 0 Å². The van der Waals surface area contributed by atoms with E-state index in [1.165, 1.54) is 0 Å². The molecule has 5 nitrogen and oxygen atoms in total. The Bertz CT molecular complexity index is 814. The Balaban J connectivity index is 2.11. The predicted octanol–water partition coefficient (Wildman–Crippen LogP) is 3.08. The maximum absolute atomic E-state index is 12.1. The molecular weight excluding hydrogens is 296 g/mol. The van der Waals surface area contributed by atoms with E-state index in [9.17, 15) is 4.79 Å². The van der Waals surface area contributed by atoms with Crippen LogP contribution in [-0.2, 0) is 0 Å². The van der Waals surface area contributed by atoms with Gasteiger partial charge in [-0.25, -0.2) is 0 Å². The Morgan fingerprint density at radius 1 is 1.32 bits per heavy atom. The molecule has 0 unspecified atom stereocenters. The fourth-order valence-electron chi connectivity index (χ4n) is 2.29. The van der Waals surface area contributed by atoms with Crippen LogP contribution >= 0.6 is 11.3 Å². The molecule has 0 atom stereocenters. The van der Waals surface area contributed by atoms with Crippen LogP contribution in [0.5, 0.6) is 0 Å². The first-order valence-corrected chi connectivity index (χ1v) is 8.02. The number of nitrogens with zero attached hydrogens (tertiary/aromatic N) is 2. The quantitative estimate of drug-likeness (QED) is 0.775. The zero-order chi connectivity index (χ0) is 15.5. The van der Waals surface area contributed by atoms with Gasteiger partial charge in [0.25, 0.3) is 5.91 Å². The number of nitrogen functional groups attached to an aromatic ring is 1. The van der Waals surface area contributed by atoms with Crippen LogP contribution in [0.15, 0.2) is 35.0 Å². The average Bonchev–Trinajstić information content (AvgIpc) is 3.07. The number of carbonyl (C=O) groups is 1. The fourth-order valence-corrected chi connectivity index (χ4v) is 2.95. The van der Waals surface area contributed by atoms with Gasteiger partial charge in [0.2, 0.25) is 0 Å². The fraction of sp³-hybridized carbons (Fsp3) is 0.188. The Morgan fingerprint density at radius 3 is 2.91 bits per heavy atom. The van der Waals surface area contributed by atoms with Crippen LogP contribution in [0.2, 0.25) is 0 Å². The van der Waals surface area contributed by atoms with Crippen molar-refractivity contribution in [3.8, 4) is 11.1 Å². The lowest BCUT2D eigenvalue weighted by atomic mass is 10.0. The summed E-state index contributed by atoms with van der Waals surface area (Å²) in [5.74, 6) is -0.283. The summed E-state index contributed by atoms with van der Waals surface area (Å²) in [6.45, 7) is 2.58. The lowest BCUT2D eigenvalue weighted by Crippen LogP contribution is -2.26. The van der Waals surface area contributed by atoms with E-state index in [0.717, 1.165) is 22.9 Å². The van der Waals surface area contributed by atoms with Crippen molar-refractivity contribution in [3.05, 3.63) is 40.7 Å². The number of thiophene rings is 1. The monoisotopic (exact) mass is 312 g/mol. The van der Waals surface area contributed by atoms with Gasteiger partial charge in [-0.15, -0.1) is 10.2 Å². The highest BCUT2D eigenvalue weighted by molar-refractivity contribution is 7.08. The molecule has 0 spiro atoms. The lowest BCUT2D eigenvalue weighted by Gasteiger charge is -2.09. The molecule has 1 amide bonds. The van der Waals surface area contributed by atoms with Crippen molar-refractivity contribution in [1.29, 1.82) is 0 Å². The minimum atomic E-state index is -0.283. The van der Waals surface area contributed by atoms with E-state index in [4.69, 9.17) is 5.73 Å². The molecule has 3 rings (SSSR count). The largest absolute Gasteiger partial charge is 0.396 e. The molecule has 3 N–H and O–H groups in total.